The van der Waals surface area contributed by atoms with E-state index in [0.29, 0.717) is 5.56 Å². The highest BCUT2D eigenvalue weighted by molar-refractivity contribution is 7.12. The third kappa shape index (κ3) is 5.10. The summed E-state index contributed by atoms with van der Waals surface area (Å²) >= 11 is 6.83. The maximum atomic E-state index is 12.8. The van der Waals surface area contributed by atoms with Gasteiger partial charge >= 0.3 is 12.4 Å². The Hall–Kier alpha value is -2.53. The van der Waals surface area contributed by atoms with E-state index < -0.39 is 29.5 Å². The highest BCUT2D eigenvalue weighted by atomic mass is 35.5. The summed E-state index contributed by atoms with van der Waals surface area (Å²) < 4.78 is 77.3. The molecular weight excluding hydrogens is 444 g/mol. The number of rotatable bonds is 4. The van der Waals surface area contributed by atoms with Gasteiger partial charge in [0, 0.05) is 6.20 Å². The van der Waals surface area contributed by atoms with Crippen LogP contribution in [-0.4, -0.2) is 15.7 Å². The summed E-state index contributed by atoms with van der Waals surface area (Å²) in [6.07, 6.45) is -8.00. The first kappa shape index (κ1) is 21.2. The van der Waals surface area contributed by atoms with Gasteiger partial charge in [-0.3, -0.25) is 9.48 Å². The van der Waals surface area contributed by atoms with Crippen molar-refractivity contribution in [3.05, 3.63) is 68.6 Å². The van der Waals surface area contributed by atoms with Crippen LogP contribution >= 0.6 is 22.9 Å². The second kappa shape index (κ2) is 7.71. The van der Waals surface area contributed by atoms with Crippen molar-refractivity contribution in [2.45, 2.75) is 18.9 Å². The first-order valence-corrected chi connectivity index (χ1v) is 9.05. The molecule has 0 bridgehead atoms. The van der Waals surface area contributed by atoms with Crippen LogP contribution in [0.25, 0.3) is 0 Å². The maximum Gasteiger partial charge on any atom is 0.435 e. The lowest BCUT2D eigenvalue weighted by molar-refractivity contribution is -0.141. The standard InChI is InChI=1S/C17H10ClF6N3OS/c18-11-2-1-10(16(19,20)21)6-12(11)25-15(28)13-5-9(8-29-13)7-27-4-3-14(26-27)17(22,23)24/h1-6,8H,7H2,(H,25,28). The molecule has 0 radical (unpaired) electrons. The summed E-state index contributed by atoms with van der Waals surface area (Å²) in [6.45, 7) is -0.00975. The number of halogens is 7. The summed E-state index contributed by atoms with van der Waals surface area (Å²) in [5, 5.41) is 7.19. The number of hydrogen-bond acceptors (Lipinski definition) is 3. The Balaban J connectivity index is 1.72. The number of alkyl halides is 6. The Kier molecular flexibility index (Phi) is 5.63. The molecule has 3 rings (SSSR count). The van der Waals surface area contributed by atoms with Gasteiger partial charge in [0.05, 0.1) is 27.7 Å². The van der Waals surface area contributed by atoms with E-state index in [0.717, 1.165) is 46.5 Å². The molecule has 0 saturated carbocycles. The molecule has 2 aromatic heterocycles. The van der Waals surface area contributed by atoms with Gasteiger partial charge in [0.1, 0.15) is 0 Å². The molecule has 12 heteroatoms. The first-order chi connectivity index (χ1) is 13.4. The van der Waals surface area contributed by atoms with Gasteiger partial charge in [0.15, 0.2) is 5.69 Å². The Morgan fingerprint density at radius 1 is 1.10 bits per heavy atom. The molecule has 154 valence electrons. The van der Waals surface area contributed by atoms with Crippen LogP contribution < -0.4 is 5.32 Å². The van der Waals surface area contributed by atoms with Gasteiger partial charge in [0.25, 0.3) is 5.91 Å². The zero-order valence-corrected chi connectivity index (χ0v) is 15.7. The minimum atomic E-state index is -4.60. The van der Waals surface area contributed by atoms with E-state index in [2.05, 4.69) is 10.4 Å². The van der Waals surface area contributed by atoms with Crippen LogP contribution in [0, 0.1) is 0 Å². The van der Waals surface area contributed by atoms with Crippen molar-refractivity contribution < 1.29 is 31.1 Å². The highest BCUT2D eigenvalue weighted by Crippen LogP contribution is 2.34. The highest BCUT2D eigenvalue weighted by Gasteiger charge is 2.33. The van der Waals surface area contributed by atoms with Crippen LogP contribution in [0.4, 0.5) is 32.0 Å². The average molecular weight is 454 g/mol. The smallest absolute Gasteiger partial charge is 0.320 e. The summed E-state index contributed by atoms with van der Waals surface area (Å²) in [4.78, 5) is 12.5. The Morgan fingerprint density at radius 3 is 2.45 bits per heavy atom. The topological polar surface area (TPSA) is 46.9 Å². The Bertz CT molecular complexity index is 1040. The fraction of sp³-hybridized carbons (Fsp3) is 0.176. The number of benzene rings is 1. The first-order valence-electron chi connectivity index (χ1n) is 7.79. The zero-order chi connectivity index (χ0) is 21.4. The molecule has 0 unspecified atom stereocenters. The van der Waals surface area contributed by atoms with E-state index >= 15 is 0 Å². The minimum absolute atomic E-state index is 0.00975. The van der Waals surface area contributed by atoms with Gasteiger partial charge < -0.3 is 5.32 Å². The maximum absolute atomic E-state index is 12.8. The van der Waals surface area contributed by atoms with E-state index in [4.69, 9.17) is 11.6 Å². The van der Waals surface area contributed by atoms with Crippen LogP contribution in [0.3, 0.4) is 0 Å². The number of carbonyl (C=O) groups excluding carboxylic acids is 1. The molecule has 3 aromatic rings. The quantitative estimate of drug-likeness (QED) is 0.497. The second-order valence-corrected chi connectivity index (χ2v) is 7.18. The van der Waals surface area contributed by atoms with E-state index in [-0.39, 0.29) is 22.1 Å². The van der Waals surface area contributed by atoms with Crippen molar-refractivity contribution in [1.29, 1.82) is 0 Å². The van der Waals surface area contributed by atoms with Crippen molar-refractivity contribution in [3.8, 4) is 0 Å². The number of anilines is 1. The SMILES string of the molecule is O=C(Nc1cc(C(F)(F)F)ccc1Cl)c1cc(Cn2ccc(C(F)(F)F)n2)cs1. The Morgan fingerprint density at radius 2 is 1.83 bits per heavy atom. The number of hydrogen-bond donors (Lipinski definition) is 1. The summed E-state index contributed by atoms with van der Waals surface area (Å²) in [5.74, 6) is -0.695. The van der Waals surface area contributed by atoms with Crippen molar-refractivity contribution >= 4 is 34.5 Å². The van der Waals surface area contributed by atoms with Crippen LogP contribution in [0.1, 0.15) is 26.5 Å². The number of nitrogens with zero attached hydrogens (tertiary/aromatic N) is 2. The third-order valence-electron chi connectivity index (χ3n) is 3.70. The predicted octanol–water partition coefficient (Wildman–Crippen LogP) is 5.94. The summed E-state index contributed by atoms with van der Waals surface area (Å²) in [5.41, 5.74) is -1.71. The molecule has 1 aromatic carbocycles. The molecule has 1 amide bonds. The third-order valence-corrected chi connectivity index (χ3v) is 5.00. The molecule has 0 aliphatic rings. The molecule has 0 saturated heterocycles. The van der Waals surface area contributed by atoms with Crippen molar-refractivity contribution in [1.82, 2.24) is 9.78 Å². The van der Waals surface area contributed by atoms with Crippen LogP contribution in [0.15, 0.2) is 41.9 Å². The second-order valence-electron chi connectivity index (χ2n) is 5.86. The summed E-state index contributed by atoms with van der Waals surface area (Å²) in [7, 11) is 0. The molecule has 0 aliphatic carbocycles. The number of carbonyl (C=O) groups is 1. The van der Waals surface area contributed by atoms with E-state index in [1.165, 1.54) is 11.4 Å². The summed E-state index contributed by atoms with van der Waals surface area (Å²) in [6, 6.07) is 4.78. The lowest BCUT2D eigenvalue weighted by atomic mass is 10.2. The monoisotopic (exact) mass is 453 g/mol. The molecule has 0 fully saturated rings. The molecule has 4 nitrogen and oxygen atoms in total. The van der Waals surface area contributed by atoms with Gasteiger partial charge in [-0.2, -0.15) is 31.4 Å². The number of thiophene rings is 1. The van der Waals surface area contributed by atoms with Crippen molar-refractivity contribution in [3.63, 3.8) is 0 Å². The number of amides is 1. The van der Waals surface area contributed by atoms with E-state index in [9.17, 15) is 31.1 Å². The van der Waals surface area contributed by atoms with Gasteiger partial charge in [-0.15, -0.1) is 11.3 Å². The van der Waals surface area contributed by atoms with Gasteiger partial charge in [-0.1, -0.05) is 11.6 Å². The Labute approximate surface area is 168 Å². The fourth-order valence-corrected chi connectivity index (χ4v) is 3.31. The molecule has 29 heavy (non-hydrogen) atoms. The van der Waals surface area contributed by atoms with E-state index in [1.807, 2.05) is 0 Å². The number of nitrogens with one attached hydrogen (secondary N) is 1. The molecule has 0 aliphatic heterocycles. The van der Waals surface area contributed by atoms with Gasteiger partial charge in [-0.05, 0) is 41.3 Å². The van der Waals surface area contributed by atoms with Crippen LogP contribution in [0.5, 0.6) is 0 Å². The van der Waals surface area contributed by atoms with Gasteiger partial charge in [-0.25, -0.2) is 0 Å². The van der Waals surface area contributed by atoms with Crippen LogP contribution in [0.2, 0.25) is 5.02 Å². The van der Waals surface area contributed by atoms with Crippen LogP contribution in [-0.2, 0) is 18.9 Å². The fourth-order valence-electron chi connectivity index (χ4n) is 2.35. The molecule has 1 N–H and O–H groups in total. The molecule has 0 spiro atoms. The zero-order valence-electron chi connectivity index (χ0n) is 14.1. The lowest BCUT2D eigenvalue weighted by Crippen LogP contribution is -2.12. The number of aromatic nitrogens is 2. The predicted molar refractivity (Wildman–Crippen MR) is 95.1 cm³/mol. The molecule has 0 atom stereocenters. The molecule has 2 heterocycles. The minimum Gasteiger partial charge on any atom is -0.320 e. The van der Waals surface area contributed by atoms with Crippen molar-refractivity contribution in [2.24, 2.45) is 0 Å². The largest absolute Gasteiger partial charge is 0.435 e. The normalized spacial score (nSPS) is 12.2. The average Bonchev–Trinajstić information content (AvgIpc) is 3.25. The van der Waals surface area contributed by atoms with Gasteiger partial charge in [0.2, 0.25) is 0 Å². The van der Waals surface area contributed by atoms with Crippen molar-refractivity contribution in [2.75, 3.05) is 5.32 Å². The lowest BCUT2D eigenvalue weighted by Gasteiger charge is -2.11. The molecular formula is C17H10ClF6N3OS. The van der Waals surface area contributed by atoms with E-state index in [1.54, 1.807) is 0 Å².